The molecule has 25 heavy (non-hydrogen) atoms. The van der Waals surface area contributed by atoms with Gasteiger partial charge in [0.2, 0.25) is 5.95 Å². The standard InChI is InChI=1S/C18H22ClN5O/c1-3-23-8-10-24(11-9-23)18-20-13(2)12-16(22-18)17(25)21-15-7-5-4-6-14(15)19/h4-7,12H,3,8-11H2,1-2H3,(H,21,25). The van der Waals surface area contributed by atoms with Gasteiger partial charge in [-0.2, -0.15) is 0 Å². The highest BCUT2D eigenvalue weighted by atomic mass is 35.5. The molecular weight excluding hydrogens is 338 g/mol. The molecule has 132 valence electrons. The number of rotatable bonds is 4. The number of hydrogen-bond acceptors (Lipinski definition) is 5. The van der Waals surface area contributed by atoms with Gasteiger partial charge in [-0.15, -0.1) is 0 Å². The first kappa shape index (κ1) is 17.6. The van der Waals surface area contributed by atoms with E-state index in [2.05, 4.69) is 32.0 Å². The van der Waals surface area contributed by atoms with Gasteiger partial charge in [0, 0.05) is 31.9 Å². The number of piperazine rings is 1. The third kappa shape index (κ3) is 4.27. The average molecular weight is 360 g/mol. The van der Waals surface area contributed by atoms with E-state index in [1.54, 1.807) is 18.2 Å². The van der Waals surface area contributed by atoms with E-state index in [0.29, 0.717) is 22.4 Å². The number of amides is 1. The summed E-state index contributed by atoms with van der Waals surface area (Å²) in [4.78, 5) is 26.1. The molecule has 0 radical (unpaired) electrons. The van der Waals surface area contributed by atoms with Gasteiger partial charge in [0.25, 0.3) is 5.91 Å². The van der Waals surface area contributed by atoms with Crippen molar-refractivity contribution in [3.63, 3.8) is 0 Å². The maximum atomic E-state index is 12.6. The van der Waals surface area contributed by atoms with Crippen LogP contribution in [0, 0.1) is 6.92 Å². The van der Waals surface area contributed by atoms with E-state index in [1.807, 2.05) is 19.1 Å². The molecule has 7 heteroatoms. The predicted molar refractivity (Wildman–Crippen MR) is 101 cm³/mol. The Labute approximate surface area is 152 Å². The second kappa shape index (κ2) is 7.80. The molecule has 1 fully saturated rings. The molecule has 0 bridgehead atoms. The minimum atomic E-state index is -0.285. The quantitative estimate of drug-likeness (QED) is 0.909. The van der Waals surface area contributed by atoms with Crippen molar-refractivity contribution in [1.82, 2.24) is 14.9 Å². The Kier molecular flexibility index (Phi) is 5.50. The van der Waals surface area contributed by atoms with E-state index in [-0.39, 0.29) is 5.91 Å². The number of aromatic nitrogens is 2. The summed E-state index contributed by atoms with van der Waals surface area (Å²) < 4.78 is 0. The van der Waals surface area contributed by atoms with Gasteiger partial charge in [-0.1, -0.05) is 30.7 Å². The van der Waals surface area contributed by atoms with Crippen LogP contribution in [0.3, 0.4) is 0 Å². The van der Waals surface area contributed by atoms with E-state index in [9.17, 15) is 4.79 Å². The van der Waals surface area contributed by atoms with Crippen molar-refractivity contribution in [2.24, 2.45) is 0 Å². The smallest absolute Gasteiger partial charge is 0.274 e. The molecule has 0 spiro atoms. The zero-order valence-corrected chi connectivity index (χ0v) is 15.3. The maximum Gasteiger partial charge on any atom is 0.274 e. The second-order valence-electron chi connectivity index (χ2n) is 6.05. The molecule has 1 aliphatic rings. The van der Waals surface area contributed by atoms with Crippen LogP contribution in [0.2, 0.25) is 5.02 Å². The van der Waals surface area contributed by atoms with Crippen molar-refractivity contribution in [2.45, 2.75) is 13.8 Å². The number of anilines is 2. The highest BCUT2D eigenvalue weighted by Crippen LogP contribution is 2.21. The first-order valence-corrected chi connectivity index (χ1v) is 8.83. The third-order valence-corrected chi connectivity index (χ3v) is 4.63. The summed E-state index contributed by atoms with van der Waals surface area (Å²) in [7, 11) is 0. The fraction of sp³-hybridized carbons (Fsp3) is 0.389. The predicted octanol–water partition coefficient (Wildman–Crippen LogP) is 2.83. The fourth-order valence-corrected chi connectivity index (χ4v) is 3.01. The number of likely N-dealkylation sites (N-methyl/N-ethyl adjacent to an activating group) is 1. The van der Waals surface area contributed by atoms with E-state index < -0.39 is 0 Å². The van der Waals surface area contributed by atoms with Crippen LogP contribution in [0.5, 0.6) is 0 Å². The number of carbonyl (C=O) groups excluding carboxylic acids is 1. The van der Waals surface area contributed by atoms with Crippen LogP contribution in [0.25, 0.3) is 0 Å². The summed E-state index contributed by atoms with van der Waals surface area (Å²) in [5.41, 5.74) is 1.69. The number of halogens is 1. The Bertz CT molecular complexity index is 759. The van der Waals surface area contributed by atoms with Crippen molar-refractivity contribution in [1.29, 1.82) is 0 Å². The van der Waals surface area contributed by atoms with Gasteiger partial charge in [0.1, 0.15) is 5.69 Å². The van der Waals surface area contributed by atoms with Crippen LogP contribution in [0.15, 0.2) is 30.3 Å². The van der Waals surface area contributed by atoms with Crippen LogP contribution in [-0.4, -0.2) is 53.5 Å². The fourth-order valence-electron chi connectivity index (χ4n) is 2.82. The lowest BCUT2D eigenvalue weighted by molar-refractivity contribution is 0.102. The van der Waals surface area contributed by atoms with Crippen molar-refractivity contribution in [3.05, 3.63) is 46.7 Å². The SMILES string of the molecule is CCN1CCN(c2nc(C)cc(C(=O)Nc3ccccc3Cl)n2)CC1. The molecule has 0 unspecified atom stereocenters. The molecule has 0 atom stereocenters. The van der Waals surface area contributed by atoms with Crippen molar-refractivity contribution in [3.8, 4) is 0 Å². The largest absolute Gasteiger partial charge is 0.338 e. The van der Waals surface area contributed by atoms with Crippen LogP contribution in [-0.2, 0) is 0 Å². The second-order valence-corrected chi connectivity index (χ2v) is 6.46. The van der Waals surface area contributed by atoms with Crippen molar-refractivity contribution >= 4 is 29.1 Å². The molecule has 2 heterocycles. The van der Waals surface area contributed by atoms with Gasteiger partial charge < -0.3 is 15.1 Å². The molecule has 1 N–H and O–H groups in total. The van der Waals surface area contributed by atoms with E-state index in [0.717, 1.165) is 38.4 Å². The summed E-state index contributed by atoms with van der Waals surface area (Å²) in [5.74, 6) is 0.326. The normalized spacial score (nSPS) is 15.2. The molecule has 3 rings (SSSR count). The number of aryl methyl sites for hydroxylation is 1. The highest BCUT2D eigenvalue weighted by Gasteiger charge is 2.20. The van der Waals surface area contributed by atoms with Crippen LogP contribution in [0.1, 0.15) is 23.1 Å². The summed E-state index contributed by atoms with van der Waals surface area (Å²) in [6.07, 6.45) is 0. The minimum absolute atomic E-state index is 0.285. The Balaban J connectivity index is 1.77. The van der Waals surface area contributed by atoms with Gasteiger partial charge in [0.15, 0.2) is 0 Å². The zero-order valence-electron chi connectivity index (χ0n) is 14.5. The van der Waals surface area contributed by atoms with Crippen LogP contribution < -0.4 is 10.2 Å². The number of nitrogens with one attached hydrogen (secondary N) is 1. The lowest BCUT2D eigenvalue weighted by Crippen LogP contribution is -2.47. The summed E-state index contributed by atoms with van der Waals surface area (Å²) in [6.45, 7) is 8.78. The van der Waals surface area contributed by atoms with Gasteiger partial charge in [0.05, 0.1) is 10.7 Å². The zero-order chi connectivity index (χ0) is 17.8. The Morgan fingerprint density at radius 2 is 1.92 bits per heavy atom. The van der Waals surface area contributed by atoms with E-state index >= 15 is 0 Å². The summed E-state index contributed by atoms with van der Waals surface area (Å²) >= 11 is 6.11. The van der Waals surface area contributed by atoms with Crippen molar-refractivity contribution < 1.29 is 4.79 Å². The topological polar surface area (TPSA) is 61.4 Å². The summed E-state index contributed by atoms with van der Waals surface area (Å²) in [5, 5.41) is 3.31. The molecule has 0 aliphatic carbocycles. The van der Waals surface area contributed by atoms with Crippen LogP contribution in [0.4, 0.5) is 11.6 Å². The molecule has 0 saturated carbocycles. The highest BCUT2D eigenvalue weighted by molar-refractivity contribution is 6.33. The molecule has 1 saturated heterocycles. The van der Waals surface area contributed by atoms with Crippen molar-refractivity contribution in [2.75, 3.05) is 42.9 Å². The van der Waals surface area contributed by atoms with E-state index in [4.69, 9.17) is 11.6 Å². The molecule has 1 aromatic heterocycles. The minimum Gasteiger partial charge on any atom is -0.338 e. The maximum absolute atomic E-state index is 12.6. The summed E-state index contributed by atoms with van der Waals surface area (Å²) in [6, 6.07) is 8.84. The monoisotopic (exact) mass is 359 g/mol. The number of benzene rings is 1. The molecule has 2 aromatic rings. The Morgan fingerprint density at radius 1 is 1.20 bits per heavy atom. The number of nitrogens with zero attached hydrogens (tertiary/aromatic N) is 4. The lowest BCUT2D eigenvalue weighted by Gasteiger charge is -2.34. The van der Waals surface area contributed by atoms with Gasteiger partial charge in [-0.05, 0) is 31.7 Å². The molecule has 1 aliphatic heterocycles. The van der Waals surface area contributed by atoms with E-state index in [1.165, 1.54) is 0 Å². The first-order chi connectivity index (χ1) is 12.1. The molecule has 6 nitrogen and oxygen atoms in total. The molecule has 1 aromatic carbocycles. The lowest BCUT2D eigenvalue weighted by atomic mass is 10.2. The van der Waals surface area contributed by atoms with Gasteiger partial charge in [-0.3, -0.25) is 4.79 Å². The first-order valence-electron chi connectivity index (χ1n) is 8.45. The number of hydrogen-bond donors (Lipinski definition) is 1. The van der Waals surface area contributed by atoms with Gasteiger partial charge in [-0.25, -0.2) is 9.97 Å². The Hall–Kier alpha value is -2.18. The molecular formula is C18H22ClN5O. The number of carbonyl (C=O) groups is 1. The Morgan fingerprint density at radius 3 is 2.60 bits per heavy atom. The number of para-hydroxylation sites is 1. The average Bonchev–Trinajstić information content (AvgIpc) is 2.63. The van der Waals surface area contributed by atoms with Crippen LogP contribution >= 0.6 is 11.6 Å². The molecule has 1 amide bonds. The van der Waals surface area contributed by atoms with Gasteiger partial charge >= 0.3 is 0 Å². The third-order valence-electron chi connectivity index (χ3n) is 4.30.